The van der Waals surface area contributed by atoms with Crippen molar-refractivity contribution in [3.63, 3.8) is 0 Å². The Kier molecular flexibility index (Phi) is 5.64. The van der Waals surface area contributed by atoms with E-state index in [1.165, 1.54) is 0 Å². The first-order chi connectivity index (χ1) is 24.2. The van der Waals surface area contributed by atoms with Crippen LogP contribution in [0.3, 0.4) is 0 Å². The third-order valence-corrected chi connectivity index (χ3v) is 9.75. The normalized spacial score (nSPS) is 11.6. The molecule has 10 aromatic rings. The predicted molar refractivity (Wildman–Crippen MR) is 197 cm³/mol. The van der Waals surface area contributed by atoms with Gasteiger partial charge < -0.3 is 13.6 Å². The van der Waals surface area contributed by atoms with Crippen molar-refractivity contribution in [3.8, 4) is 34.6 Å². The van der Waals surface area contributed by atoms with Crippen molar-refractivity contribution in [1.82, 2.24) is 9.13 Å². The second kappa shape index (κ2) is 10.2. The van der Waals surface area contributed by atoms with Gasteiger partial charge in [-0.1, -0.05) is 78.9 Å². The van der Waals surface area contributed by atoms with Crippen LogP contribution in [0.4, 0.5) is 0 Å². The lowest BCUT2D eigenvalue weighted by molar-refractivity contribution is 0.669. The number of rotatable bonds is 3. The topological polar surface area (TPSA) is 70.6 Å². The minimum atomic E-state index is 0.529. The molecule has 0 aliphatic carbocycles. The molecule has 3 heterocycles. The molecule has 0 spiro atoms. The molecular formula is C44H24N4O. The number of furan rings is 1. The molecule has 0 unspecified atom stereocenters. The van der Waals surface area contributed by atoms with Gasteiger partial charge in [-0.3, -0.25) is 0 Å². The Balaban J connectivity index is 1.19. The molecule has 226 valence electrons. The van der Waals surface area contributed by atoms with Gasteiger partial charge in [-0.05, 0) is 77.9 Å². The lowest BCUT2D eigenvalue weighted by Gasteiger charge is -2.14. The Hall–Kier alpha value is -7.08. The summed E-state index contributed by atoms with van der Waals surface area (Å²) in [5.74, 6) is 0. The van der Waals surface area contributed by atoms with Crippen molar-refractivity contribution in [2.75, 3.05) is 0 Å². The fourth-order valence-corrected chi connectivity index (χ4v) is 7.64. The van der Waals surface area contributed by atoms with Crippen molar-refractivity contribution in [1.29, 1.82) is 10.5 Å². The molecule has 0 aliphatic heterocycles. The van der Waals surface area contributed by atoms with Gasteiger partial charge in [0, 0.05) is 43.7 Å². The van der Waals surface area contributed by atoms with E-state index in [-0.39, 0.29) is 0 Å². The molecule has 5 nitrogen and oxygen atoms in total. The number of hydrogen-bond acceptors (Lipinski definition) is 3. The van der Waals surface area contributed by atoms with Crippen LogP contribution in [0.25, 0.3) is 88.1 Å². The zero-order chi connectivity index (χ0) is 32.6. The highest BCUT2D eigenvalue weighted by Gasteiger charge is 2.19. The monoisotopic (exact) mass is 624 g/mol. The molecule has 0 fully saturated rings. The average molecular weight is 625 g/mol. The summed E-state index contributed by atoms with van der Waals surface area (Å²) in [6.07, 6.45) is 0. The number of para-hydroxylation sites is 4. The van der Waals surface area contributed by atoms with Crippen LogP contribution in [0.2, 0.25) is 0 Å². The third kappa shape index (κ3) is 3.91. The minimum absolute atomic E-state index is 0.529. The first-order valence-electron chi connectivity index (χ1n) is 16.1. The zero-order valence-electron chi connectivity index (χ0n) is 26.1. The minimum Gasteiger partial charge on any atom is -0.456 e. The highest BCUT2D eigenvalue weighted by Crippen LogP contribution is 2.40. The van der Waals surface area contributed by atoms with Gasteiger partial charge in [-0.25, -0.2) is 0 Å². The average Bonchev–Trinajstić information content (AvgIpc) is 3.80. The Morgan fingerprint density at radius 1 is 0.429 bits per heavy atom. The maximum Gasteiger partial charge on any atom is 0.136 e. The fourth-order valence-electron chi connectivity index (χ4n) is 7.64. The molecule has 0 amide bonds. The van der Waals surface area contributed by atoms with Gasteiger partial charge >= 0.3 is 0 Å². The first kappa shape index (κ1) is 27.1. The molecule has 3 aromatic heterocycles. The van der Waals surface area contributed by atoms with E-state index in [0.29, 0.717) is 11.1 Å². The van der Waals surface area contributed by atoms with Gasteiger partial charge in [0.25, 0.3) is 0 Å². The Morgan fingerprint density at radius 2 is 1.04 bits per heavy atom. The van der Waals surface area contributed by atoms with Crippen LogP contribution in [0.1, 0.15) is 11.1 Å². The zero-order valence-corrected chi connectivity index (χ0v) is 26.1. The summed E-state index contributed by atoms with van der Waals surface area (Å²) in [5, 5.41) is 27.3. The largest absolute Gasteiger partial charge is 0.456 e. The maximum atomic E-state index is 10.6. The Labute approximate surface area is 280 Å². The predicted octanol–water partition coefficient (Wildman–Crippen LogP) is 11.2. The molecular weight excluding hydrogens is 601 g/mol. The number of fused-ring (bicyclic) bond motifs is 9. The summed E-state index contributed by atoms with van der Waals surface area (Å²) in [4.78, 5) is 0. The van der Waals surface area contributed by atoms with E-state index in [2.05, 4.69) is 94.1 Å². The van der Waals surface area contributed by atoms with Gasteiger partial charge in [-0.2, -0.15) is 10.5 Å². The lowest BCUT2D eigenvalue weighted by Crippen LogP contribution is -1.98. The Morgan fingerprint density at radius 3 is 1.71 bits per heavy atom. The third-order valence-electron chi connectivity index (χ3n) is 9.75. The second-order valence-corrected chi connectivity index (χ2v) is 12.4. The summed E-state index contributed by atoms with van der Waals surface area (Å²) in [6.45, 7) is 0. The number of nitriles is 2. The molecule has 10 rings (SSSR count). The number of aromatic nitrogens is 2. The smallest absolute Gasteiger partial charge is 0.136 e. The van der Waals surface area contributed by atoms with E-state index in [0.717, 1.165) is 88.1 Å². The van der Waals surface area contributed by atoms with Crippen molar-refractivity contribution in [2.24, 2.45) is 0 Å². The van der Waals surface area contributed by atoms with Crippen LogP contribution < -0.4 is 0 Å². The van der Waals surface area contributed by atoms with Crippen molar-refractivity contribution < 1.29 is 4.42 Å². The van der Waals surface area contributed by atoms with Gasteiger partial charge in [-0.15, -0.1) is 0 Å². The van der Waals surface area contributed by atoms with Crippen LogP contribution in [-0.4, -0.2) is 9.13 Å². The lowest BCUT2D eigenvalue weighted by atomic mass is 9.97. The second-order valence-electron chi connectivity index (χ2n) is 12.4. The molecule has 0 saturated carbocycles. The Bertz CT molecular complexity index is 3030. The van der Waals surface area contributed by atoms with Crippen LogP contribution >= 0.6 is 0 Å². The van der Waals surface area contributed by atoms with Crippen molar-refractivity contribution in [2.45, 2.75) is 0 Å². The number of hydrogen-bond donors (Lipinski definition) is 0. The fraction of sp³-hybridized carbons (Fsp3) is 0. The summed E-state index contributed by atoms with van der Waals surface area (Å²) in [6, 6.07) is 54.2. The molecule has 0 atom stereocenters. The highest BCUT2D eigenvalue weighted by atomic mass is 16.3. The molecule has 49 heavy (non-hydrogen) atoms. The molecule has 0 aliphatic rings. The molecule has 5 heteroatoms. The summed E-state index contributed by atoms with van der Waals surface area (Å²) in [5.41, 5.74) is 10.3. The van der Waals surface area contributed by atoms with Crippen LogP contribution in [0, 0.1) is 22.7 Å². The first-order valence-corrected chi connectivity index (χ1v) is 16.1. The van der Waals surface area contributed by atoms with E-state index in [9.17, 15) is 10.5 Å². The van der Waals surface area contributed by atoms with E-state index in [4.69, 9.17) is 4.42 Å². The summed E-state index contributed by atoms with van der Waals surface area (Å²) < 4.78 is 10.7. The standard InChI is InChI=1S/C44H24N4O/c45-25-27-19-28(21-31(20-27)48-39-13-5-1-9-33(39)34-10-2-6-14-40(34)48)32-18-17-30(22-29(32)26-46)47-41-15-7-3-11-35(41)37-24-44-38(23-42(37)47)36-12-4-8-16-43(36)49-44/h1-24H. The van der Waals surface area contributed by atoms with Crippen LogP contribution in [-0.2, 0) is 0 Å². The highest BCUT2D eigenvalue weighted by molar-refractivity contribution is 6.17. The van der Waals surface area contributed by atoms with Gasteiger partial charge in [0.1, 0.15) is 11.2 Å². The van der Waals surface area contributed by atoms with E-state index >= 15 is 0 Å². The SMILES string of the molecule is N#Cc1cc(-c2ccc(-n3c4ccccc4c4cc5oc6ccccc6c5cc43)cc2C#N)cc(-n2c3ccccc3c3ccccc32)c1. The molecule has 0 N–H and O–H groups in total. The van der Waals surface area contributed by atoms with E-state index in [1.54, 1.807) is 0 Å². The molecule has 0 radical (unpaired) electrons. The quantitative estimate of drug-likeness (QED) is 0.196. The van der Waals surface area contributed by atoms with E-state index < -0.39 is 0 Å². The van der Waals surface area contributed by atoms with Gasteiger partial charge in [0.05, 0.1) is 45.3 Å². The molecule has 0 saturated heterocycles. The van der Waals surface area contributed by atoms with Crippen molar-refractivity contribution in [3.05, 3.63) is 157 Å². The van der Waals surface area contributed by atoms with E-state index in [1.807, 2.05) is 72.8 Å². The van der Waals surface area contributed by atoms with Crippen LogP contribution in [0.5, 0.6) is 0 Å². The maximum absolute atomic E-state index is 10.6. The molecule has 0 bridgehead atoms. The van der Waals surface area contributed by atoms with Gasteiger partial charge in [0.2, 0.25) is 0 Å². The van der Waals surface area contributed by atoms with Crippen molar-refractivity contribution >= 4 is 65.6 Å². The van der Waals surface area contributed by atoms with Crippen LogP contribution in [0.15, 0.2) is 150 Å². The number of nitrogens with zero attached hydrogens (tertiary/aromatic N) is 4. The van der Waals surface area contributed by atoms with Gasteiger partial charge in [0.15, 0.2) is 0 Å². The summed E-state index contributed by atoms with van der Waals surface area (Å²) >= 11 is 0. The summed E-state index contributed by atoms with van der Waals surface area (Å²) in [7, 11) is 0. The molecule has 7 aromatic carbocycles. The number of benzene rings is 7.